The van der Waals surface area contributed by atoms with E-state index >= 15 is 0 Å². The van der Waals surface area contributed by atoms with Gasteiger partial charge in [-0.05, 0) is 19.1 Å². The first kappa shape index (κ1) is 10.6. The van der Waals surface area contributed by atoms with Crippen LogP contribution in [-0.4, -0.2) is 17.0 Å². The average molecular weight is 246 g/mol. The SMILES string of the molecule is Cc1[nH][nH]c(=O)c1N=Nc1ccc2c(c1)OCO2. The number of nitrogens with zero attached hydrogens (tertiary/aromatic N) is 2. The van der Waals surface area contributed by atoms with Crippen molar-refractivity contribution < 1.29 is 9.47 Å². The molecule has 2 aromatic rings. The highest BCUT2D eigenvalue weighted by molar-refractivity contribution is 5.52. The molecule has 1 aliphatic heterocycles. The fraction of sp³-hybridized carbons (Fsp3) is 0.182. The van der Waals surface area contributed by atoms with Crippen LogP contribution in [0.2, 0.25) is 0 Å². The second kappa shape index (κ2) is 4.02. The normalized spacial score (nSPS) is 13.4. The molecule has 0 aliphatic carbocycles. The number of rotatable bonds is 2. The second-order valence-corrected chi connectivity index (χ2v) is 3.79. The number of fused-ring (bicyclic) bond motifs is 1. The van der Waals surface area contributed by atoms with Crippen LogP contribution in [0.3, 0.4) is 0 Å². The van der Waals surface area contributed by atoms with Gasteiger partial charge in [0.15, 0.2) is 17.2 Å². The molecule has 2 heterocycles. The van der Waals surface area contributed by atoms with Crippen molar-refractivity contribution in [2.24, 2.45) is 10.2 Å². The molecule has 0 unspecified atom stereocenters. The summed E-state index contributed by atoms with van der Waals surface area (Å²) in [5.74, 6) is 1.32. The van der Waals surface area contributed by atoms with Crippen LogP contribution in [-0.2, 0) is 0 Å². The van der Waals surface area contributed by atoms with Crippen LogP contribution in [0, 0.1) is 6.92 Å². The van der Waals surface area contributed by atoms with E-state index in [0.29, 0.717) is 22.9 Å². The molecular formula is C11H10N4O3. The minimum atomic E-state index is -0.294. The number of benzene rings is 1. The number of H-pyrrole nitrogens is 2. The minimum absolute atomic E-state index is 0.215. The van der Waals surface area contributed by atoms with Crippen molar-refractivity contribution in [2.75, 3.05) is 6.79 Å². The van der Waals surface area contributed by atoms with Crippen LogP contribution in [0.4, 0.5) is 11.4 Å². The molecule has 92 valence electrons. The van der Waals surface area contributed by atoms with E-state index in [2.05, 4.69) is 20.4 Å². The molecule has 1 aromatic heterocycles. The third-order valence-electron chi connectivity index (χ3n) is 2.56. The number of nitrogens with one attached hydrogen (secondary N) is 2. The van der Waals surface area contributed by atoms with Crippen LogP contribution >= 0.6 is 0 Å². The van der Waals surface area contributed by atoms with E-state index in [4.69, 9.17) is 9.47 Å². The van der Waals surface area contributed by atoms with Crippen LogP contribution in [0.25, 0.3) is 0 Å². The van der Waals surface area contributed by atoms with Gasteiger partial charge in [-0.2, -0.15) is 5.11 Å². The van der Waals surface area contributed by atoms with E-state index in [1.165, 1.54) is 0 Å². The molecule has 7 nitrogen and oxygen atoms in total. The summed E-state index contributed by atoms with van der Waals surface area (Å²) in [5.41, 5.74) is 1.22. The van der Waals surface area contributed by atoms with Gasteiger partial charge in [0.2, 0.25) is 6.79 Å². The summed E-state index contributed by atoms with van der Waals surface area (Å²) in [6.45, 7) is 1.96. The number of azo groups is 1. The van der Waals surface area contributed by atoms with Crippen molar-refractivity contribution in [3.63, 3.8) is 0 Å². The van der Waals surface area contributed by atoms with E-state index in [1.54, 1.807) is 25.1 Å². The predicted octanol–water partition coefficient (Wildman–Crippen LogP) is 2.16. The number of aryl methyl sites for hydroxylation is 1. The van der Waals surface area contributed by atoms with Crippen LogP contribution in [0.5, 0.6) is 11.5 Å². The standard InChI is InChI=1S/C11H10N4O3/c1-6-10(11(16)15-12-6)14-13-7-2-3-8-9(4-7)18-5-17-8/h2-4H,5H2,1H3,(H2,12,15,16). The van der Waals surface area contributed by atoms with Crippen LogP contribution < -0.4 is 15.0 Å². The lowest BCUT2D eigenvalue weighted by Gasteiger charge is -1.96. The average Bonchev–Trinajstić information content (AvgIpc) is 2.94. The number of hydrogen-bond acceptors (Lipinski definition) is 5. The van der Waals surface area contributed by atoms with Gasteiger partial charge in [0.1, 0.15) is 0 Å². The molecule has 1 aliphatic rings. The van der Waals surface area contributed by atoms with Crippen LogP contribution in [0.15, 0.2) is 33.2 Å². The predicted molar refractivity (Wildman–Crippen MR) is 62.9 cm³/mol. The highest BCUT2D eigenvalue weighted by Crippen LogP contribution is 2.35. The number of ether oxygens (including phenoxy) is 2. The highest BCUT2D eigenvalue weighted by atomic mass is 16.7. The lowest BCUT2D eigenvalue weighted by molar-refractivity contribution is 0.174. The minimum Gasteiger partial charge on any atom is -0.454 e. The van der Waals surface area contributed by atoms with E-state index in [1.807, 2.05) is 0 Å². The quantitative estimate of drug-likeness (QED) is 0.795. The van der Waals surface area contributed by atoms with E-state index < -0.39 is 0 Å². The summed E-state index contributed by atoms with van der Waals surface area (Å²) >= 11 is 0. The monoisotopic (exact) mass is 246 g/mol. The van der Waals surface area contributed by atoms with Crippen molar-refractivity contribution in [3.05, 3.63) is 34.2 Å². The second-order valence-electron chi connectivity index (χ2n) is 3.79. The van der Waals surface area contributed by atoms with E-state index in [0.717, 1.165) is 0 Å². The first-order chi connectivity index (χ1) is 8.74. The Labute approximate surface area is 101 Å². The van der Waals surface area contributed by atoms with Gasteiger partial charge in [0, 0.05) is 6.07 Å². The maximum Gasteiger partial charge on any atom is 0.291 e. The van der Waals surface area contributed by atoms with E-state index in [-0.39, 0.29) is 18.0 Å². The molecule has 0 saturated carbocycles. The molecule has 2 N–H and O–H groups in total. The zero-order valence-electron chi connectivity index (χ0n) is 9.56. The van der Waals surface area contributed by atoms with Gasteiger partial charge in [0.05, 0.1) is 11.4 Å². The third kappa shape index (κ3) is 1.75. The Morgan fingerprint density at radius 1 is 1.17 bits per heavy atom. The Morgan fingerprint density at radius 2 is 2.00 bits per heavy atom. The summed E-state index contributed by atoms with van der Waals surface area (Å²) in [7, 11) is 0. The lowest BCUT2D eigenvalue weighted by Crippen LogP contribution is -1.96. The first-order valence-electron chi connectivity index (χ1n) is 5.32. The molecule has 0 atom stereocenters. The molecule has 0 bridgehead atoms. The van der Waals surface area contributed by atoms with Gasteiger partial charge in [-0.3, -0.25) is 9.89 Å². The van der Waals surface area contributed by atoms with Crippen molar-refractivity contribution in [1.29, 1.82) is 0 Å². The van der Waals surface area contributed by atoms with Gasteiger partial charge in [-0.1, -0.05) is 0 Å². The Kier molecular flexibility index (Phi) is 2.36. The van der Waals surface area contributed by atoms with Gasteiger partial charge < -0.3 is 14.6 Å². The van der Waals surface area contributed by atoms with Crippen molar-refractivity contribution in [2.45, 2.75) is 6.92 Å². The Hall–Kier alpha value is -2.57. The molecule has 0 saturated heterocycles. The first-order valence-corrected chi connectivity index (χ1v) is 5.32. The largest absolute Gasteiger partial charge is 0.454 e. The maximum absolute atomic E-state index is 11.4. The summed E-state index contributed by atoms with van der Waals surface area (Å²) < 4.78 is 10.4. The van der Waals surface area contributed by atoms with E-state index in [9.17, 15) is 4.79 Å². The van der Waals surface area contributed by atoms with Crippen molar-refractivity contribution >= 4 is 11.4 Å². The fourth-order valence-corrected chi connectivity index (χ4v) is 1.61. The molecule has 0 fully saturated rings. The molecule has 0 spiro atoms. The van der Waals surface area contributed by atoms with Gasteiger partial charge in [-0.25, -0.2) is 0 Å². The van der Waals surface area contributed by atoms with Crippen LogP contribution in [0.1, 0.15) is 5.69 Å². The zero-order chi connectivity index (χ0) is 12.5. The number of hydrogen-bond donors (Lipinski definition) is 2. The highest BCUT2D eigenvalue weighted by Gasteiger charge is 2.13. The Bertz CT molecular complexity index is 671. The smallest absolute Gasteiger partial charge is 0.291 e. The van der Waals surface area contributed by atoms with Crippen molar-refractivity contribution in [1.82, 2.24) is 10.2 Å². The number of aromatic amines is 2. The Morgan fingerprint density at radius 3 is 2.78 bits per heavy atom. The summed E-state index contributed by atoms with van der Waals surface area (Å²) in [5, 5.41) is 13.0. The molecule has 1 aromatic carbocycles. The molecule has 7 heteroatoms. The van der Waals surface area contributed by atoms with Gasteiger partial charge in [-0.15, -0.1) is 5.11 Å². The van der Waals surface area contributed by atoms with Gasteiger partial charge in [0.25, 0.3) is 5.56 Å². The summed E-state index contributed by atoms with van der Waals surface area (Å²) in [6, 6.07) is 5.21. The lowest BCUT2D eigenvalue weighted by atomic mass is 10.3. The Balaban J connectivity index is 1.91. The summed E-state index contributed by atoms with van der Waals surface area (Å²) in [6.07, 6.45) is 0. The fourth-order valence-electron chi connectivity index (χ4n) is 1.61. The molecule has 0 amide bonds. The summed E-state index contributed by atoms with van der Waals surface area (Å²) in [4.78, 5) is 11.4. The van der Waals surface area contributed by atoms with Gasteiger partial charge >= 0.3 is 0 Å². The van der Waals surface area contributed by atoms with Crippen molar-refractivity contribution in [3.8, 4) is 11.5 Å². The maximum atomic E-state index is 11.4. The molecular weight excluding hydrogens is 236 g/mol. The third-order valence-corrected chi connectivity index (χ3v) is 2.56. The molecule has 0 radical (unpaired) electrons. The molecule has 18 heavy (non-hydrogen) atoms. The number of aromatic nitrogens is 2. The topological polar surface area (TPSA) is 91.8 Å². The molecule has 3 rings (SSSR count). The zero-order valence-corrected chi connectivity index (χ0v) is 9.56.